The molecule has 2 N–H and O–H groups in total. The van der Waals surface area contributed by atoms with Gasteiger partial charge in [-0.05, 0) is 54.6 Å². The van der Waals surface area contributed by atoms with Crippen LogP contribution in [-0.4, -0.2) is 23.9 Å². The van der Waals surface area contributed by atoms with E-state index in [4.69, 9.17) is 25.9 Å². The highest BCUT2D eigenvalue weighted by atomic mass is 35.5. The topological polar surface area (TPSA) is 71.7 Å². The zero-order chi connectivity index (χ0) is 19.2. The summed E-state index contributed by atoms with van der Waals surface area (Å²) in [4.78, 5) is 13.3. The molecule has 0 aliphatic heterocycles. The second-order valence-corrected chi connectivity index (χ2v) is 7.12. The lowest BCUT2D eigenvalue weighted by Gasteiger charge is -2.11. The first-order valence-electron chi connectivity index (χ1n) is 8.15. The molecule has 1 aromatic heterocycles. The van der Waals surface area contributed by atoms with E-state index < -0.39 is 0 Å². The van der Waals surface area contributed by atoms with Crippen molar-refractivity contribution in [2.75, 3.05) is 18.2 Å². The number of aliphatic hydroxyl groups excluding tert-OH is 1. The van der Waals surface area contributed by atoms with Gasteiger partial charge in [0, 0.05) is 15.5 Å². The highest BCUT2D eigenvalue weighted by Crippen LogP contribution is 2.32. The van der Waals surface area contributed by atoms with E-state index in [2.05, 4.69) is 5.32 Å². The van der Waals surface area contributed by atoms with Gasteiger partial charge in [0.25, 0.3) is 0 Å². The van der Waals surface area contributed by atoms with Gasteiger partial charge in [-0.3, -0.25) is 4.79 Å². The summed E-state index contributed by atoms with van der Waals surface area (Å²) in [5.41, 5.74) is 1.33. The third-order valence-electron chi connectivity index (χ3n) is 3.76. The van der Waals surface area contributed by atoms with Crippen LogP contribution in [0.1, 0.15) is 5.76 Å². The molecule has 0 spiro atoms. The van der Waals surface area contributed by atoms with Crippen LogP contribution in [0, 0.1) is 0 Å². The first-order chi connectivity index (χ1) is 13.1. The van der Waals surface area contributed by atoms with Crippen molar-refractivity contribution in [2.24, 2.45) is 0 Å². The summed E-state index contributed by atoms with van der Waals surface area (Å²) in [6.07, 6.45) is 0. The zero-order valence-corrected chi connectivity index (χ0v) is 16.1. The van der Waals surface area contributed by atoms with Crippen molar-refractivity contribution in [1.82, 2.24) is 0 Å². The molecule has 0 atom stereocenters. The molecule has 0 unspecified atom stereocenters. The number of carbonyl (C=O) groups is 1. The summed E-state index contributed by atoms with van der Waals surface area (Å²) in [5, 5.41) is 12.7. The van der Waals surface area contributed by atoms with Crippen molar-refractivity contribution in [2.45, 2.75) is 11.5 Å². The molecule has 3 aromatic rings. The van der Waals surface area contributed by atoms with Crippen LogP contribution >= 0.6 is 23.4 Å². The van der Waals surface area contributed by atoms with Gasteiger partial charge in [0.2, 0.25) is 5.91 Å². The molecule has 0 aliphatic carbocycles. The SMILES string of the molecule is COc1ccc(-c2ccc(CO)o2)cc1NC(=O)CSc1ccc(Cl)cc1. The van der Waals surface area contributed by atoms with Crippen LogP contribution in [0.4, 0.5) is 5.69 Å². The summed E-state index contributed by atoms with van der Waals surface area (Å²) in [6.45, 7) is -0.165. The maximum absolute atomic E-state index is 12.3. The molecular formula is C20H18ClNO4S. The van der Waals surface area contributed by atoms with E-state index in [1.54, 1.807) is 43.5 Å². The largest absolute Gasteiger partial charge is 0.495 e. The number of aliphatic hydroxyl groups is 1. The smallest absolute Gasteiger partial charge is 0.234 e. The quantitative estimate of drug-likeness (QED) is 0.553. The van der Waals surface area contributed by atoms with E-state index in [-0.39, 0.29) is 18.3 Å². The van der Waals surface area contributed by atoms with Crippen LogP contribution in [0.3, 0.4) is 0 Å². The van der Waals surface area contributed by atoms with Crippen molar-refractivity contribution < 1.29 is 19.1 Å². The molecule has 5 nitrogen and oxygen atoms in total. The van der Waals surface area contributed by atoms with Gasteiger partial charge in [-0.2, -0.15) is 0 Å². The van der Waals surface area contributed by atoms with Gasteiger partial charge < -0.3 is 19.6 Å². The molecule has 0 saturated heterocycles. The van der Waals surface area contributed by atoms with E-state index in [9.17, 15) is 4.79 Å². The molecule has 1 heterocycles. The monoisotopic (exact) mass is 403 g/mol. The van der Waals surface area contributed by atoms with E-state index in [1.165, 1.54) is 11.8 Å². The standard InChI is InChI=1S/C20H18ClNO4S/c1-25-19-8-2-13(18-9-5-15(11-23)26-18)10-17(19)22-20(24)12-27-16-6-3-14(21)4-7-16/h2-10,23H,11-12H2,1H3,(H,22,24). The van der Waals surface area contributed by atoms with Crippen LogP contribution in [0.25, 0.3) is 11.3 Å². The predicted octanol–water partition coefficient (Wildman–Crippen LogP) is 4.83. The molecule has 2 aromatic carbocycles. The fourth-order valence-electron chi connectivity index (χ4n) is 2.44. The molecule has 0 radical (unpaired) electrons. The number of nitrogens with one attached hydrogen (secondary N) is 1. The minimum Gasteiger partial charge on any atom is -0.495 e. The Morgan fingerprint density at radius 2 is 1.96 bits per heavy atom. The van der Waals surface area contributed by atoms with Crippen molar-refractivity contribution in [1.29, 1.82) is 0 Å². The van der Waals surface area contributed by atoms with Gasteiger partial charge in [0.05, 0.1) is 18.6 Å². The lowest BCUT2D eigenvalue weighted by Crippen LogP contribution is -2.14. The number of carbonyl (C=O) groups excluding carboxylic acids is 1. The van der Waals surface area contributed by atoms with Gasteiger partial charge in [0.1, 0.15) is 23.9 Å². The Balaban J connectivity index is 1.71. The Morgan fingerprint density at radius 1 is 1.19 bits per heavy atom. The molecule has 0 aliphatic rings. The van der Waals surface area contributed by atoms with Crippen molar-refractivity contribution >= 4 is 35.0 Å². The number of benzene rings is 2. The Kier molecular flexibility index (Phi) is 6.45. The number of ether oxygens (including phenoxy) is 1. The Hall–Kier alpha value is -2.41. The Labute approximate surface area is 166 Å². The minimum absolute atomic E-state index is 0.152. The third-order valence-corrected chi connectivity index (χ3v) is 5.02. The van der Waals surface area contributed by atoms with Gasteiger partial charge >= 0.3 is 0 Å². The number of halogens is 1. The predicted molar refractivity (Wildman–Crippen MR) is 107 cm³/mol. The highest BCUT2D eigenvalue weighted by molar-refractivity contribution is 8.00. The molecule has 7 heteroatoms. The molecule has 0 bridgehead atoms. The molecule has 27 heavy (non-hydrogen) atoms. The van der Waals surface area contributed by atoms with Crippen LogP contribution in [0.5, 0.6) is 5.75 Å². The van der Waals surface area contributed by atoms with Gasteiger partial charge in [-0.1, -0.05) is 11.6 Å². The van der Waals surface area contributed by atoms with Gasteiger partial charge in [-0.25, -0.2) is 0 Å². The Morgan fingerprint density at radius 3 is 2.63 bits per heavy atom. The second-order valence-electron chi connectivity index (χ2n) is 5.63. The number of hydrogen-bond donors (Lipinski definition) is 2. The lowest BCUT2D eigenvalue weighted by molar-refractivity contribution is -0.113. The van der Waals surface area contributed by atoms with Gasteiger partial charge in [0.15, 0.2) is 0 Å². The van der Waals surface area contributed by atoms with Crippen molar-refractivity contribution in [3.05, 3.63) is 65.4 Å². The first kappa shape index (κ1) is 19.4. The van der Waals surface area contributed by atoms with E-state index in [0.717, 1.165) is 10.5 Å². The molecule has 0 saturated carbocycles. The van der Waals surface area contributed by atoms with E-state index >= 15 is 0 Å². The summed E-state index contributed by atoms with van der Waals surface area (Å²) >= 11 is 7.29. The maximum Gasteiger partial charge on any atom is 0.234 e. The number of rotatable bonds is 7. The molecule has 3 rings (SSSR count). The highest BCUT2D eigenvalue weighted by Gasteiger charge is 2.12. The summed E-state index contributed by atoms with van der Waals surface area (Å²) in [6, 6.07) is 16.2. The fourth-order valence-corrected chi connectivity index (χ4v) is 3.27. The normalized spacial score (nSPS) is 10.6. The number of amides is 1. The average molecular weight is 404 g/mol. The number of furan rings is 1. The number of thioether (sulfide) groups is 1. The maximum atomic E-state index is 12.3. The van der Waals surface area contributed by atoms with Crippen LogP contribution in [-0.2, 0) is 11.4 Å². The molecule has 140 valence electrons. The minimum atomic E-state index is -0.165. The molecule has 0 fully saturated rings. The Bertz CT molecular complexity index is 924. The third kappa shape index (κ3) is 5.07. The molecular weight excluding hydrogens is 386 g/mol. The second kappa shape index (κ2) is 8.99. The molecule has 1 amide bonds. The van der Waals surface area contributed by atoms with E-state index in [0.29, 0.717) is 28.0 Å². The average Bonchev–Trinajstić information content (AvgIpc) is 3.17. The number of anilines is 1. The van der Waals surface area contributed by atoms with Crippen molar-refractivity contribution in [3.63, 3.8) is 0 Å². The number of hydrogen-bond acceptors (Lipinski definition) is 5. The van der Waals surface area contributed by atoms with E-state index in [1.807, 2.05) is 18.2 Å². The zero-order valence-electron chi connectivity index (χ0n) is 14.6. The van der Waals surface area contributed by atoms with Crippen LogP contribution in [0.15, 0.2) is 63.9 Å². The fraction of sp³-hybridized carbons (Fsp3) is 0.150. The lowest BCUT2D eigenvalue weighted by atomic mass is 10.1. The summed E-state index contributed by atoms with van der Waals surface area (Å²) in [7, 11) is 1.55. The summed E-state index contributed by atoms with van der Waals surface area (Å²) in [5.74, 6) is 1.74. The van der Waals surface area contributed by atoms with Crippen LogP contribution in [0.2, 0.25) is 5.02 Å². The summed E-state index contributed by atoms with van der Waals surface area (Å²) < 4.78 is 10.9. The first-order valence-corrected chi connectivity index (χ1v) is 9.51. The van der Waals surface area contributed by atoms with Crippen LogP contribution < -0.4 is 10.1 Å². The van der Waals surface area contributed by atoms with Gasteiger partial charge in [-0.15, -0.1) is 11.8 Å². The number of methoxy groups -OCH3 is 1. The van der Waals surface area contributed by atoms with Crippen molar-refractivity contribution in [3.8, 4) is 17.1 Å².